The van der Waals surface area contributed by atoms with Crippen molar-refractivity contribution in [2.75, 3.05) is 0 Å². The summed E-state index contributed by atoms with van der Waals surface area (Å²) in [7, 11) is 0. The van der Waals surface area contributed by atoms with E-state index in [1.54, 1.807) is 6.07 Å². The van der Waals surface area contributed by atoms with Crippen LogP contribution in [0.15, 0.2) is 12.1 Å². The summed E-state index contributed by atoms with van der Waals surface area (Å²) < 4.78 is 5.23. The molecular weight excluding hydrogens is 180 g/mol. The van der Waals surface area contributed by atoms with Gasteiger partial charge in [0, 0.05) is 12.0 Å². The van der Waals surface area contributed by atoms with Crippen LogP contribution in [0.1, 0.15) is 23.6 Å². The van der Waals surface area contributed by atoms with Crippen molar-refractivity contribution in [3.8, 4) is 5.75 Å². The van der Waals surface area contributed by atoms with Crippen molar-refractivity contribution in [2.24, 2.45) is 0 Å². The van der Waals surface area contributed by atoms with Gasteiger partial charge in [0.25, 0.3) is 0 Å². The van der Waals surface area contributed by atoms with E-state index in [1.165, 1.54) is 6.92 Å². The Bertz CT molecular complexity index is 382. The molecule has 14 heavy (non-hydrogen) atoms. The van der Waals surface area contributed by atoms with Crippen molar-refractivity contribution < 1.29 is 14.6 Å². The van der Waals surface area contributed by atoms with E-state index in [2.05, 4.69) is 0 Å². The highest BCUT2D eigenvalue weighted by molar-refractivity contribution is 5.79. The predicted octanol–water partition coefficient (Wildman–Crippen LogP) is 1.55. The summed E-state index contributed by atoms with van der Waals surface area (Å²) >= 11 is 0. The van der Waals surface area contributed by atoms with E-state index in [-0.39, 0.29) is 11.5 Å². The molecule has 3 nitrogen and oxygen atoms in total. The number of phenolic OH excluding ortho intramolecular Hbond substituents is 1. The quantitative estimate of drug-likeness (QED) is 0.773. The van der Waals surface area contributed by atoms with Crippen LogP contribution in [0, 0.1) is 0 Å². The molecule has 0 radical (unpaired) electrons. The lowest BCUT2D eigenvalue weighted by atomic mass is 10.0. The number of ketones is 1. The van der Waals surface area contributed by atoms with Crippen molar-refractivity contribution in [2.45, 2.75) is 26.6 Å². The molecule has 1 aromatic rings. The normalized spacial score (nSPS) is 14.1. The van der Waals surface area contributed by atoms with Crippen LogP contribution >= 0.6 is 0 Å². The van der Waals surface area contributed by atoms with Crippen LogP contribution in [-0.2, 0) is 29.2 Å². The van der Waals surface area contributed by atoms with Gasteiger partial charge in [-0.05, 0) is 30.2 Å². The maximum absolute atomic E-state index is 10.9. The number of phenols is 1. The zero-order valence-electron chi connectivity index (χ0n) is 8.04. The number of hydrogen-bond acceptors (Lipinski definition) is 3. The van der Waals surface area contributed by atoms with Gasteiger partial charge in [0.1, 0.15) is 11.5 Å². The van der Waals surface area contributed by atoms with E-state index in [0.717, 1.165) is 11.1 Å². The first-order chi connectivity index (χ1) is 6.66. The molecule has 1 aliphatic rings. The monoisotopic (exact) mass is 192 g/mol. The first-order valence-electron chi connectivity index (χ1n) is 4.57. The number of rotatable bonds is 2. The largest absolute Gasteiger partial charge is 0.508 e. The van der Waals surface area contributed by atoms with Crippen molar-refractivity contribution in [1.82, 2.24) is 0 Å². The Morgan fingerprint density at radius 1 is 1.43 bits per heavy atom. The van der Waals surface area contributed by atoms with Crippen LogP contribution in [-0.4, -0.2) is 10.9 Å². The van der Waals surface area contributed by atoms with Crippen LogP contribution in [0.5, 0.6) is 5.75 Å². The Labute approximate surface area is 82.3 Å². The first kappa shape index (κ1) is 9.21. The molecule has 0 bridgehead atoms. The molecule has 0 fully saturated rings. The Morgan fingerprint density at radius 3 is 2.71 bits per heavy atom. The fourth-order valence-electron chi connectivity index (χ4n) is 1.68. The zero-order chi connectivity index (χ0) is 10.1. The molecule has 1 N–H and O–H groups in total. The van der Waals surface area contributed by atoms with Gasteiger partial charge in [-0.1, -0.05) is 0 Å². The molecule has 1 heterocycles. The molecule has 0 atom stereocenters. The second kappa shape index (κ2) is 3.42. The van der Waals surface area contributed by atoms with E-state index in [0.29, 0.717) is 25.2 Å². The van der Waals surface area contributed by atoms with Gasteiger partial charge in [0.2, 0.25) is 0 Å². The standard InChI is InChI=1S/C11H12O3/c1-7(12)2-8-3-9-5-14-6-10(9)4-11(8)13/h3-4,13H,2,5-6H2,1H3. The highest BCUT2D eigenvalue weighted by Gasteiger charge is 2.15. The SMILES string of the molecule is CC(=O)Cc1cc2c(cc1O)COC2. The third-order valence-electron chi connectivity index (χ3n) is 2.36. The predicted molar refractivity (Wildman–Crippen MR) is 51.0 cm³/mol. The molecule has 0 saturated heterocycles. The lowest BCUT2D eigenvalue weighted by Gasteiger charge is -2.05. The lowest BCUT2D eigenvalue weighted by molar-refractivity contribution is -0.116. The summed E-state index contributed by atoms with van der Waals surface area (Å²) in [6.07, 6.45) is 0.291. The molecule has 2 rings (SSSR count). The van der Waals surface area contributed by atoms with Gasteiger partial charge in [-0.3, -0.25) is 4.79 Å². The third kappa shape index (κ3) is 1.63. The number of carbonyl (C=O) groups is 1. The van der Waals surface area contributed by atoms with Gasteiger partial charge in [0.15, 0.2) is 0 Å². The summed E-state index contributed by atoms with van der Waals surface area (Å²) in [5.74, 6) is 0.253. The van der Waals surface area contributed by atoms with Gasteiger partial charge in [0.05, 0.1) is 13.2 Å². The highest BCUT2D eigenvalue weighted by Crippen LogP contribution is 2.28. The number of aromatic hydroxyl groups is 1. The van der Waals surface area contributed by atoms with Crippen LogP contribution < -0.4 is 0 Å². The topological polar surface area (TPSA) is 46.5 Å². The van der Waals surface area contributed by atoms with Crippen molar-refractivity contribution in [3.63, 3.8) is 0 Å². The van der Waals surface area contributed by atoms with Crippen LogP contribution in [0.3, 0.4) is 0 Å². The minimum absolute atomic E-state index is 0.0548. The average Bonchev–Trinajstić information content (AvgIpc) is 2.51. The second-order valence-corrected chi connectivity index (χ2v) is 3.62. The summed E-state index contributed by atoms with van der Waals surface area (Å²) in [6, 6.07) is 3.56. The smallest absolute Gasteiger partial charge is 0.134 e. The Kier molecular flexibility index (Phi) is 2.25. The van der Waals surface area contributed by atoms with E-state index in [1.807, 2.05) is 6.07 Å². The van der Waals surface area contributed by atoms with Gasteiger partial charge in [-0.15, -0.1) is 0 Å². The van der Waals surface area contributed by atoms with E-state index < -0.39 is 0 Å². The van der Waals surface area contributed by atoms with Crippen molar-refractivity contribution in [1.29, 1.82) is 0 Å². The molecule has 74 valence electrons. The maximum Gasteiger partial charge on any atom is 0.134 e. The first-order valence-corrected chi connectivity index (χ1v) is 4.57. The lowest BCUT2D eigenvalue weighted by Crippen LogP contribution is -1.98. The fourth-order valence-corrected chi connectivity index (χ4v) is 1.68. The van der Waals surface area contributed by atoms with Crippen LogP contribution in [0.25, 0.3) is 0 Å². The third-order valence-corrected chi connectivity index (χ3v) is 2.36. The second-order valence-electron chi connectivity index (χ2n) is 3.62. The van der Waals surface area contributed by atoms with Gasteiger partial charge in [-0.2, -0.15) is 0 Å². The van der Waals surface area contributed by atoms with Gasteiger partial charge < -0.3 is 9.84 Å². The molecule has 0 spiro atoms. The van der Waals surface area contributed by atoms with E-state index in [4.69, 9.17) is 4.74 Å². The van der Waals surface area contributed by atoms with Crippen LogP contribution in [0.4, 0.5) is 0 Å². The molecule has 0 saturated carbocycles. The number of Topliss-reactive ketones (excluding diaryl/α,β-unsaturated/α-hetero) is 1. The van der Waals surface area contributed by atoms with Crippen molar-refractivity contribution >= 4 is 5.78 Å². The molecule has 1 aliphatic heterocycles. The number of fused-ring (bicyclic) bond motifs is 1. The molecule has 0 amide bonds. The number of carbonyl (C=O) groups excluding carboxylic acids is 1. The molecule has 0 unspecified atom stereocenters. The van der Waals surface area contributed by atoms with Gasteiger partial charge in [-0.25, -0.2) is 0 Å². The van der Waals surface area contributed by atoms with Crippen molar-refractivity contribution in [3.05, 3.63) is 28.8 Å². The minimum atomic E-state index is 0.0548. The van der Waals surface area contributed by atoms with E-state index in [9.17, 15) is 9.90 Å². The summed E-state index contributed by atoms with van der Waals surface area (Å²) in [5.41, 5.74) is 2.80. The Morgan fingerprint density at radius 2 is 2.07 bits per heavy atom. The molecule has 0 aliphatic carbocycles. The van der Waals surface area contributed by atoms with Gasteiger partial charge >= 0.3 is 0 Å². The molecule has 3 heteroatoms. The Hall–Kier alpha value is -1.35. The molecule has 0 aromatic heterocycles. The van der Waals surface area contributed by atoms with E-state index >= 15 is 0 Å². The molecule has 1 aromatic carbocycles. The highest BCUT2D eigenvalue weighted by atomic mass is 16.5. The summed E-state index contributed by atoms with van der Waals surface area (Å²) in [5, 5.41) is 9.62. The zero-order valence-corrected chi connectivity index (χ0v) is 8.04. The number of hydrogen-bond donors (Lipinski definition) is 1. The minimum Gasteiger partial charge on any atom is -0.508 e. The summed E-state index contributed by atoms with van der Waals surface area (Å²) in [6.45, 7) is 2.66. The Balaban J connectivity index is 2.37. The average molecular weight is 192 g/mol. The summed E-state index contributed by atoms with van der Waals surface area (Å²) in [4.78, 5) is 10.9. The number of ether oxygens (including phenoxy) is 1. The fraction of sp³-hybridized carbons (Fsp3) is 0.364. The molecular formula is C11H12O3. The maximum atomic E-state index is 10.9. The number of benzene rings is 1. The van der Waals surface area contributed by atoms with Crippen LogP contribution in [0.2, 0.25) is 0 Å².